The fourth-order valence-electron chi connectivity index (χ4n) is 4.67. The van der Waals surface area contributed by atoms with Crippen molar-refractivity contribution in [3.05, 3.63) is 60.2 Å². The largest absolute Gasteiger partial charge is 0.467 e. The summed E-state index contributed by atoms with van der Waals surface area (Å²) in [6.07, 6.45) is 9.35. The molecule has 0 spiro atoms. The first-order valence-electron chi connectivity index (χ1n) is 14.4. The van der Waals surface area contributed by atoms with Crippen molar-refractivity contribution < 1.29 is 9.53 Å². The average molecular weight is 600 g/mol. The number of hydrogen-bond donors (Lipinski definition) is 4. The molecule has 5 N–H and O–H groups in total. The van der Waals surface area contributed by atoms with Gasteiger partial charge in [-0.1, -0.05) is 12.1 Å². The van der Waals surface area contributed by atoms with Crippen LogP contribution in [0.1, 0.15) is 25.3 Å². The van der Waals surface area contributed by atoms with E-state index >= 15 is 0 Å². The van der Waals surface area contributed by atoms with Crippen LogP contribution in [0.15, 0.2) is 59.6 Å². The molecular formula is C31H41N11O2. The molecule has 13 nitrogen and oxygen atoms in total. The van der Waals surface area contributed by atoms with Crippen LogP contribution in [0, 0.1) is 6.92 Å². The van der Waals surface area contributed by atoms with Crippen LogP contribution in [-0.4, -0.2) is 89.4 Å². The SMILES string of the molecule is CN/C(C)=C\C(N)=N/c1ncc(C)c(-c2c[nH]c3c(NC(=O)CN4CCCC4)cccc23)n1.COc1nccc(N(C)C)n1. The first-order chi connectivity index (χ1) is 21.2. The van der Waals surface area contributed by atoms with E-state index in [1.807, 2.05) is 70.4 Å². The number of hydrogen-bond acceptors (Lipinski definition) is 10. The Hall–Kier alpha value is -5.04. The van der Waals surface area contributed by atoms with Gasteiger partial charge in [0.25, 0.3) is 5.95 Å². The Bertz CT molecular complexity index is 1640. The number of fused-ring (bicyclic) bond motifs is 1. The fourth-order valence-corrected chi connectivity index (χ4v) is 4.67. The van der Waals surface area contributed by atoms with Gasteiger partial charge in [0.15, 0.2) is 0 Å². The van der Waals surface area contributed by atoms with Crippen LogP contribution in [-0.2, 0) is 4.79 Å². The summed E-state index contributed by atoms with van der Waals surface area (Å²) in [5, 5.41) is 7.03. The van der Waals surface area contributed by atoms with Crippen molar-refractivity contribution >= 4 is 40.1 Å². The number of amides is 1. The quantitative estimate of drug-likeness (QED) is 0.165. The highest BCUT2D eigenvalue weighted by Crippen LogP contribution is 2.33. The summed E-state index contributed by atoms with van der Waals surface area (Å²) in [7, 11) is 7.21. The summed E-state index contributed by atoms with van der Waals surface area (Å²) in [6, 6.07) is 8.07. The van der Waals surface area contributed by atoms with Gasteiger partial charge in [-0.05, 0) is 63.6 Å². The van der Waals surface area contributed by atoms with E-state index in [9.17, 15) is 4.79 Å². The number of nitrogens with one attached hydrogen (secondary N) is 3. The number of likely N-dealkylation sites (tertiary alicyclic amines) is 1. The molecule has 0 saturated carbocycles. The summed E-state index contributed by atoms with van der Waals surface area (Å²) in [5.41, 5.74) is 11.1. The zero-order chi connectivity index (χ0) is 31.6. The van der Waals surface area contributed by atoms with Gasteiger partial charge in [-0.2, -0.15) is 9.98 Å². The fraction of sp³-hybridized carbons (Fsp3) is 0.355. The van der Waals surface area contributed by atoms with E-state index in [1.165, 1.54) is 0 Å². The van der Waals surface area contributed by atoms with Gasteiger partial charge in [-0.25, -0.2) is 15.0 Å². The highest BCUT2D eigenvalue weighted by molar-refractivity contribution is 6.06. The van der Waals surface area contributed by atoms with Crippen LogP contribution in [0.2, 0.25) is 0 Å². The monoisotopic (exact) mass is 599 g/mol. The normalized spacial score (nSPS) is 13.8. The van der Waals surface area contributed by atoms with Crippen molar-refractivity contribution in [1.82, 2.24) is 35.1 Å². The first kappa shape index (κ1) is 31.9. The second-order valence-corrected chi connectivity index (χ2v) is 10.6. The molecule has 0 atom stereocenters. The van der Waals surface area contributed by atoms with Crippen LogP contribution < -0.4 is 26.0 Å². The molecule has 232 valence electrons. The Labute approximate surface area is 257 Å². The molecule has 1 saturated heterocycles. The second-order valence-electron chi connectivity index (χ2n) is 10.6. The van der Waals surface area contributed by atoms with E-state index in [4.69, 9.17) is 10.5 Å². The number of H-pyrrole nitrogens is 1. The lowest BCUT2D eigenvalue weighted by Crippen LogP contribution is -2.30. The zero-order valence-corrected chi connectivity index (χ0v) is 26.2. The van der Waals surface area contributed by atoms with Crippen LogP contribution >= 0.6 is 0 Å². The third kappa shape index (κ3) is 8.28. The summed E-state index contributed by atoms with van der Waals surface area (Å²) in [5.74, 6) is 1.45. The number of benzene rings is 1. The van der Waals surface area contributed by atoms with Crippen molar-refractivity contribution in [3.8, 4) is 17.3 Å². The minimum atomic E-state index is -0.00391. The third-order valence-corrected chi connectivity index (χ3v) is 7.02. The number of para-hydroxylation sites is 1. The summed E-state index contributed by atoms with van der Waals surface area (Å²) >= 11 is 0. The van der Waals surface area contributed by atoms with Gasteiger partial charge in [-0.3, -0.25) is 9.69 Å². The van der Waals surface area contributed by atoms with Crippen molar-refractivity contribution in [3.63, 3.8) is 0 Å². The molecule has 5 rings (SSSR count). The van der Waals surface area contributed by atoms with Crippen LogP contribution in [0.4, 0.5) is 17.5 Å². The molecule has 0 bridgehead atoms. The molecule has 1 aliphatic rings. The maximum absolute atomic E-state index is 12.6. The molecule has 0 aliphatic carbocycles. The van der Waals surface area contributed by atoms with Crippen LogP contribution in [0.25, 0.3) is 22.2 Å². The molecule has 4 aromatic rings. The Kier molecular flexibility index (Phi) is 10.8. The predicted molar refractivity (Wildman–Crippen MR) is 175 cm³/mol. The van der Waals surface area contributed by atoms with Gasteiger partial charge in [0.2, 0.25) is 5.91 Å². The number of amidine groups is 1. The van der Waals surface area contributed by atoms with Gasteiger partial charge in [0.1, 0.15) is 11.7 Å². The van der Waals surface area contributed by atoms with Crippen molar-refractivity contribution in [2.75, 3.05) is 58.1 Å². The number of carbonyl (C=O) groups is 1. The van der Waals surface area contributed by atoms with E-state index in [-0.39, 0.29) is 11.9 Å². The van der Waals surface area contributed by atoms with Gasteiger partial charge >= 0.3 is 6.01 Å². The van der Waals surface area contributed by atoms with E-state index in [1.54, 1.807) is 25.6 Å². The van der Waals surface area contributed by atoms with Crippen molar-refractivity contribution in [2.45, 2.75) is 26.7 Å². The number of carbonyl (C=O) groups excluding carboxylic acids is 1. The average Bonchev–Trinajstić information content (AvgIpc) is 3.69. The number of allylic oxidation sites excluding steroid dienone is 1. The molecule has 13 heteroatoms. The minimum Gasteiger partial charge on any atom is -0.467 e. The number of rotatable bonds is 9. The van der Waals surface area contributed by atoms with Crippen LogP contribution in [0.5, 0.6) is 6.01 Å². The van der Waals surface area contributed by atoms with Crippen LogP contribution in [0.3, 0.4) is 0 Å². The molecule has 1 aliphatic heterocycles. The lowest BCUT2D eigenvalue weighted by molar-refractivity contribution is -0.117. The number of aryl methyl sites for hydroxylation is 1. The summed E-state index contributed by atoms with van der Waals surface area (Å²) in [4.78, 5) is 41.2. The maximum atomic E-state index is 12.6. The number of ether oxygens (including phenoxy) is 1. The Morgan fingerprint density at radius 1 is 1.20 bits per heavy atom. The highest BCUT2D eigenvalue weighted by atomic mass is 16.5. The smallest absolute Gasteiger partial charge is 0.318 e. The predicted octanol–water partition coefficient (Wildman–Crippen LogP) is 3.63. The van der Waals surface area contributed by atoms with Gasteiger partial charge in [0, 0.05) is 56.4 Å². The van der Waals surface area contributed by atoms with E-state index in [0.717, 1.165) is 70.9 Å². The molecule has 4 heterocycles. The Balaban J connectivity index is 0.000000339. The summed E-state index contributed by atoms with van der Waals surface area (Å²) in [6.45, 7) is 6.24. The van der Waals surface area contributed by atoms with E-state index in [2.05, 4.69) is 45.4 Å². The molecule has 44 heavy (non-hydrogen) atoms. The van der Waals surface area contributed by atoms with Crippen molar-refractivity contribution in [1.29, 1.82) is 0 Å². The number of aromatic amines is 1. The standard InChI is InChI=1S/C24H30N8O.C7H11N3O/c1-15-12-28-24(30-20(25)11-16(2)26-3)31-22(15)18-13-27-23-17(18)7-6-8-19(23)29-21(33)14-32-9-4-5-10-32;1-10(2)6-4-5-8-7(9-6)11-3/h6-8,11-13,26-27H,4-5,9-10,14H2,1-3H3,(H,29,33)(H2,25,28,30,31);4-5H,1-3H3/b16-11-;. The van der Waals surface area contributed by atoms with Crippen molar-refractivity contribution in [2.24, 2.45) is 10.7 Å². The first-order valence-corrected chi connectivity index (χ1v) is 14.4. The number of aliphatic imine (C=N–C) groups is 1. The molecular weight excluding hydrogens is 558 g/mol. The maximum Gasteiger partial charge on any atom is 0.318 e. The molecule has 1 amide bonds. The lowest BCUT2D eigenvalue weighted by Gasteiger charge is -2.14. The number of methoxy groups -OCH3 is 1. The number of nitrogens with zero attached hydrogens (tertiary/aromatic N) is 7. The Morgan fingerprint density at radius 2 is 1.98 bits per heavy atom. The Morgan fingerprint density at radius 3 is 2.68 bits per heavy atom. The van der Waals surface area contributed by atoms with Gasteiger partial charge < -0.3 is 31.0 Å². The lowest BCUT2D eigenvalue weighted by atomic mass is 10.1. The molecule has 0 radical (unpaired) electrons. The third-order valence-electron chi connectivity index (χ3n) is 7.02. The van der Waals surface area contributed by atoms with E-state index in [0.29, 0.717) is 18.4 Å². The van der Waals surface area contributed by atoms with Gasteiger partial charge in [0.05, 0.1) is 30.6 Å². The molecule has 1 aromatic carbocycles. The molecule has 3 aromatic heterocycles. The van der Waals surface area contributed by atoms with E-state index < -0.39 is 0 Å². The number of nitrogens with two attached hydrogens (primary N) is 1. The number of aromatic nitrogens is 5. The second kappa shape index (κ2) is 14.9. The number of anilines is 2. The molecule has 1 fully saturated rings. The minimum absolute atomic E-state index is 0.00391. The highest BCUT2D eigenvalue weighted by Gasteiger charge is 2.18. The van der Waals surface area contributed by atoms with Gasteiger partial charge in [-0.15, -0.1) is 0 Å². The topological polar surface area (TPSA) is 163 Å². The molecule has 0 unspecified atom stereocenters. The zero-order valence-electron chi connectivity index (χ0n) is 26.2. The summed E-state index contributed by atoms with van der Waals surface area (Å²) < 4.78 is 4.86.